The summed E-state index contributed by atoms with van der Waals surface area (Å²) in [6.45, 7) is 2.56. The predicted molar refractivity (Wildman–Crippen MR) is 90.3 cm³/mol. The minimum Gasteiger partial charge on any atom is -0.474 e. The van der Waals surface area contributed by atoms with E-state index in [1.54, 1.807) is 19.2 Å². The SMILES string of the molecule is Cc1nccc(OC2CCN(S(=O)(=O)c3ccc(C#N)cc3)CC2)n1. The van der Waals surface area contributed by atoms with Crippen LogP contribution in [0.4, 0.5) is 0 Å². The first-order valence-corrected chi connectivity index (χ1v) is 9.39. The van der Waals surface area contributed by atoms with Crippen molar-refractivity contribution >= 4 is 10.0 Å². The third-order valence-corrected chi connectivity index (χ3v) is 5.97. The molecule has 0 amide bonds. The van der Waals surface area contributed by atoms with E-state index in [-0.39, 0.29) is 11.0 Å². The van der Waals surface area contributed by atoms with Crippen molar-refractivity contribution < 1.29 is 13.2 Å². The minimum atomic E-state index is -3.55. The number of hydrogen-bond acceptors (Lipinski definition) is 6. The lowest BCUT2D eigenvalue weighted by Gasteiger charge is -2.31. The van der Waals surface area contributed by atoms with Gasteiger partial charge in [0, 0.05) is 25.4 Å². The number of ether oxygens (including phenoxy) is 1. The molecule has 1 aliphatic heterocycles. The fourth-order valence-corrected chi connectivity index (χ4v) is 4.18. The zero-order valence-corrected chi connectivity index (χ0v) is 14.6. The van der Waals surface area contributed by atoms with E-state index in [2.05, 4.69) is 9.97 Å². The fourth-order valence-electron chi connectivity index (χ4n) is 2.71. The standard InChI is InChI=1S/C17H18N4O3S/c1-13-19-9-6-17(20-13)24-15-7-10-21(11-8-15)25(22,23)16-4-2-14(12-18)3-5-16/h2-6,9,15H,7-8,10-11H2,1H3. The van der Waals surface area contributed by atoms with Gasteiger partial charge in [0.15, 0.2) is 0 Å². The summed E-state index contributed by atoms with van der Waals surface area (Å²) in [6, 6.07) is 9.66. The monoisotopic (exact) mass is 358 g/mol. The van der Waals surface area contributed by atoms with Crippen molar-refractivity contribution in [1.29, 1.82) is 5.26 Å². The van der Waals surface area contributed by atoms with Gasteiger partial charge in [0.25, 0.3) is 0 Å². The lowest BCUT2D eigenvalue weighted by molar-refractivity contribution is 0.129. The van der Waals surface area contributed by atoms with Gasteiger partial charge in [-0.05, 0) is 44.0 Å². The highest BCUT2D eigenvalue weighted by atomic mass is 32.2. The molecule has 0 spiro atoms. The summed E-state index contributed by atoms with van der Waals surface area (Å²) in [5.41, 5.74) is 0.436. The topological polar surface area (TPSA) is 96.2 Å². The molecule has 0 bridgehead atoms. The molecule has 2 heterocycles. The number of aryl methyl sites for hydroxylation is 1. The van der Waals surface area contributed by atoms with Gasteiger partial charge in [-0.2, -0.15) is 14.6 Å². The van der Waals surface area contributed by atoms with Crippen LogP contribution in [-0.4, -0.2) is 41.9 Å². The van der Waals surface area contributed by atoms with Gasteiger partial charge >= 0.3 is 0 Å². The Morgan fingerprint density at radius 3 is 2.48 bits per heavy atom. The van der Waals surface area contributed by atoms with Gasteiger partial charge in [0.05, 0.1) is 16.5 Å². The van der Waals surface area contributed by atoms with Crippen LogP contribution in [0.3, 0.4) is 0 Å². The summed E-state index contributed by atoms with van der Waals surface area (Å²) in [4.78, 5) is 8.44. The van der Waals surface area contributed by atoms with Crippen LogP contribution in [0, 0.1) is 18.3 Å². The Kier molecular flexibility index (Phi) is 4.97. The van der Waals surface area contributed by atoms with Crippen LogP contribution in [0.15, 0.2) is 41.4 Å². The van der Waals surface area contributed by atoms with E-state index in [0.29, 0.717) is 43.2 Å². The number of sulfonamides is 1. The van der Waals surface area contributed by atoms with Crippen molar-refractivity contribution in [3.63, 3.8) is 0 Å². The van der Waals surface area contributed by atoms with Gasteiger partial charge in [0.1, 0.15) is 11.9 Å². The number of benzene rings is 1. The molecular weight excluding hydrogens is 340 g/mol. The molecule has 0 saturated carbocycles. The summed E-state index contributed by atoms with van der Waals surface area (Å²) >= 11 is 0. The molecular formula is C17H18N4O3S. The van der Waals surface area contributed by atoms with E-state index in [4.69, 9.17) is 10.00 Å². The maximum Gasteiger partial charge on any atom is 0.243 e. The summed E-state index contributed by atoms with van der Waals surface area (Å²) < 4.78 is 32.6. The first-order chi connectivity index (χ1) is 12.0. The molecule has 8 heteroatoms. The molecule has 1 fully saturated rings. The van der Waals surface area contributed by atoms with Crippen LogP contribution < -0.4 is 4.74 Å². The van der Waals surface area contributed by atoms with Crippen LogP contribution in [0.1, 0.15) is 24.2 Å². The minimum absolute atomic E-state index is 0.0679. The molecule has 3 rings (SSSR count). The molecule has 25 heavy (non-hydrogen) atoms. The lowest BCUT2D eigenvalue weighted by Crippen LogP contribution is -2.41. The van der Waals surface area contributed by atoms with Gasteiger partial charge in [-0.1, -0.05) is 0 Å². The Labute approximate surface area is 147 Å². The Balaban J connectivity index is 1.63. The highest BCUT2D eigenvalue weighted by Gasteiger charge is 2.30. The van der Waals surface area contributed by atoms with E-state index in [9.17, 15) is 8.42 Å². The number of nitriles is 1. The highest BCUT2D eigenvalue weighted by molar-refractivity contribution is 7.89. The fraction of sp³-hybridized carbons (Fsp3) is 0.353. The van der Waals surface area contributed by atoms with Crippen molar-refractivity contribution in [3.05, 3.63) is 47.9 Å². The Bertz CT molecular complexity index is 883. The molecule has 1 aliphatic rings. The smallest absolute Gasteiger partial charge is 0.243 e. The molecule has 0 radical (unpaired) electrons. The van der Waals surface area contributed by atoms with Crippen molar-refractivity contribution in [2.75, 3.05) is 13.1 Å². The van der Waals surface area contributed by atoms with Crippen molar-refractivity contribution in [1.82, 2.24) is 14.3 Å². The second-order valence-electron chi connectivity index (χ2n) is 5.80. The lowest BCUT2D eigenvalue weighted by atomic mass is 10.1. The molecule has 0 aliphatic carbocycles. The number of piperidine rings is 1. The second-order valence-corrected chi connectivity index (χ2v) is 7.74. The summed E-state index contributed by atoms with van der Waals surface area (Å²) in [5, 5.41) is 8.81. The van der Waals surface area contributed by atoms with E-state index >= 15 is 0 Å². The van der Waals surface area contributed by atoms with Gasteiger partial charge in [-0.3, -0.25) is 0 Å². The molecule has 0 atom stereocenters. The average molecular weight is 358 g/mol. The van der Waals surface area contributed by atoms with Gasteiger partial charge in [-0.15, -0.1) is 0 Å². The second kappa shape index (κ2) is 7.17. The number of hydrogen-bond donors (Lipinski definition) is 0. The van der Waals surface area contributed by atoms with Crippen LogP contribution in [0.2, 0.25) is 0 Å². The van der Waals surface area contributed by atoms with Gasteiger partial charge in [-0.25, -0.2) is 13.4 Å². The van der Waals surface area contributed by atoms with E-state index in [1.807, 2.05) is 6.07 Å². The molecule has 1 aromatic carbocycles. The zero-order valence-electron chi connectivity index (χ0n) is 13.8. The first-order valence-electron chi connectivity index (χ1n) is 7.95. The molecule has 1 saturated heterocycles. The summed E-state index contributed by atoms with van der Waals surface area (Å²) in [6.07, 6.45) is 2.76. The molecule has 0 unspecified atom stereocenters. The van der Waals surface area contributed by atoms with E-state index < -0.39 is 10.0 Å². The van der Waals surface area contributed by atoms with Crippen LogP contribution in [-0.2, 0) is 10.0 Å². The molecule has 1 aromatic heterocycles. The highest BCUT2D eigenvalue weighted by Crippen LogP contribution is 2.23. The van der Waals surface area contributed by atoms with Crippen LogP contribution >= 0.6 is 0 Å². The quantitative estimate of drug-likeness (QED) is 0.828. The Morgan fingerprint density at radius 1 is 1.20 bits per heavy atom. The average Bonchev–Trinajstić information content (AvgIpc) is 2.62. The van der Waals surface area contributed by atoms with Crippen LogP contribution in [0.5, 0.6) is 5.88 Å². The Hall–Kier alpha value is -2.50. The number of nitrogens with zero attached hydrogens (tertiary/aromatic N) is 4. The Morgan fingerprint density at radius 2 is 1.88 bits per heavy atom. The third-order valence-electron chi connectivity index (χ3n) is 4.06. The maximum atomic E-state index is 12.7. The third kappa shape index (κ3) is 3.95. The normalized spacial score (nSPS) is 16.3. The predicted octanol–water partition coefficient (Wildman–Crippen LogP) is 1.89. The van der Waals surface area contributed by atoms with Crippen molar-refractivity contribution in [2.24, 2.45) is 0 Å². The molecule has 0 N–H and O–H groups in total. The number of rotatable bonds is 4. The van der Waals surface area contributed by atoms with Crippen molar-refractivity contribution in [2.45, 2.75) is 30.8 Å². The van der Waals surface area contributed by atoms with E-state index in [0.717, 1.165) is 0 Å². The van der Waals surface area contributed by atoms with Crippen LogP contribution in [0.25, 0.3) is 0 Å². The van der Waals surface area contributed by atoms with Gasteiger partial charge in [0.2, 0.25) is 15.9 Å². The molecule has 7 nitrogen and oxygen atoms in total. The zero-order chi connectivity index (χ0) is 17.9. The molecule has 130 valence electrons. The van der Waals surface area contributed by atoms with Gasteiger partial charge < -0.3 is 4.74 Å². The van der Waals surface area contributed by atoms with Crippen molar-refractivity contribution in [3.8, 4) is 11.9 Å². The summed E-state index contributed by atoms with van der Waals surface area (Å²) in [7, 11) is -3.55. The first kappa shape index (κ1) is 17.3. The summed E-state index contributed by atoms with van der Waals surface area (Å²) in [5.74, 6) is 1.15. The number of aromatic nitrogens is 2. The maximum absolute atomic E-state index is 12.7. The molecule has 2 aromatic rings. The van der Waals surface area contributed by atoms with E-state index in [1.165, 1.54) is 28.6 Å². The largest absolute Gasteiger partial charge is 0.474 e.